The second-order valence-electron chi connectivity index (χ2n) is 5.27. The normalized spacial score (nSPS) is 17.6. The Morgan fingerprint density at radius 3 is 2.43 bits per heavy atom. The summed E-state index contributed by atoms with van der Waals surface area (Å²) in [5, 5.41) is 4.97. The molecule has 0 saturated carbocycles. The maximum Gasteiger partial charge on any atom is 0.0617 e. The molecule has 1 atom stereocenters. The molecule has 2 nitrogen and oxygen atoms in total. The summed E-state index contributed by atoms with van der Waals surface area (Å²) in [5.41, 5.74) is 2.33. The summed E-state index contributed by atoms with van der Waals surface area (Å²) < 4.78 is 0. The van der Waals surface area contributed by atoms with E-state index in [9.17, 15) is 0 Å². The molecule has 2 aromatic rings. The third kappa shape index (κ3) is 3.41. The highest BCUT2D eigenvalue weighted by Crippen LogP contribution is 2.34. The zero-order valence-electron chi connectivity index (χ0n) is 11.7. The molecule has 0 bridgehead atoms. The van der Waals surface area contributed by atoms with E-state index in [1.165, 1.54) is 5.56 Å². The van der Waals surface area contributed by atoms with Crippen molar-refractivity contribution in [2.75, 3.05) is 26.2 Å². The fraction of sp³-hybridized carbons (Fsp3) is 0.294. The Balaban J connectivity index is 2.04. The number of halogens is 2. The molecule has 2 aromatic carbocycles. The van der Waals surface area contributed by atoms with Crippen LogP contribution >= 0.6 is 23.2 Å². The number of hydrogen-bond acceptors (Lipinski definition) is 2. The number of nitrogens with one attached hydrogen (secondary N) is 1. The zero-order valence-corrected chi connectivity index (χ0v) is 13.2. The van der Waals surface area contributed by atoms with Crippen molar-refractivity contribution >= 4 is 23.2 Å². The van der Waals surface area contributed by atoms with Crippen LogP contribution in [0.4, 0.5) is 0 Å². The quantitative estimate of drug-likeness (QED) is 0.920. The van der Waals surface area contributed by atoms with Gasteiger partial charge < -0.3 is 5.32 Å². The number of benzene rings is 2. The van der Waals surface area contributed by atoms with Gasteiger partial charge in [0.1, 0.15) is 0 Å². The first-order chi connectivity index (χ1) is 10.3. The lowest BCUT2D eigenvalue weighted by molar-refractivity contribution is 0.198. The average Bonchev–Trinajstić information content (AvgIpc) is 2.51. The van der Waals surface area contributed by atoms with E-state index in [2.05, 4.69) is 22.3 Å². The van der Waals surface area contributed by atoms with Crippen molar-refractivity contribution in [3.8, 4) is 0 Å². The van der Waals surface area contributed by atoms with Crippen LogP contribution in [0, 0.1) is 0 Å². The van der Waals surface area contributed by atoms with Crippen LogP contribution in [0.15, 0.2) is 48.5 Å². The van der Waals surface area contributed by atoms with Gasteiger partial charge in [-0.15, -0.1) is 0 Å². The molecule has 3 rings (SSSR count). The largest absolute Gasteiger partial charge is 0.314 e. The molecule has 1 aliphatic heterocycles. The summed E-state index contributed by atoms with van der Waals surface area (Å²) in [6.07, 6.45) is 0. The highest BCUT2D eigenvalue weighted by atomic mass is 35.5. The summed E-state index contributed by atoms with van der Waals surface area (Å²) in [6.45, 7) is 4.01. The summed E-state index contributed by atoms with van der Waals surface area (Å²) in [4.78, 5) is 2.46. The average molecular weight is 321 g/mol. The molecule has 1 aliphatic rings. The predicted octanol–water partition coefficient (Wildman–Crippen LogP) is 3.99. The third-order valence-corrected chi connectivity index (χ3v) is 4.46. The number of nitrogens with zero attached hydrogens (tertiary/aromatic N) is 1. The minimum Gasteiger partial charge on any atom is -0.314 e. The summed E-state index contributed by atoms with van der Waals surface area (Å²) in [5.74, 6) is 0. The smallest absolute Gasteiger partial charge is 0.0617 e. The molecule has 4 heteroatoms. The number of piperazine rings is 1. The van der Waals surface area contributed by atoms with Gasteiger partial charge in [0.15, 0.2) is 0 Å². The van der Waals surface area contributed by atoms with Crippen LogP contribution < -0.4 is 5.32 Å². The molecule has 0 radical (unpaired) electrons. The van der Waals surface area contributed by atoms with E-state index in [1.807, 2.05) is 36.4 Å². The standard InChI is InChI=1S/C17H18Cl2N2/c18-14-5-3-4-13(12-14)17(21-10-8-20-9-11-21)15-6-1-2-7-16(15)19/h1-7,12,17,20H,8-11H2. The van der Waals surface area contributed by atoms with Gasteiger partial charge in [-0.25, -0.2) is 0 Å². The topological polar surface area (TPSA) is 15.3 Å². The minimum absolute atomic E-state index is 0.152. The molecule has 0 amide bonds. The van der Waals surface area contributed by atoms with Gasteiger partial charge in [-0.1, -0.05) is 53.5 Å². The molecule has 0 aliphatic carbocycles. The summed E-state index contributed by atoms with van der Waals surface area (Å²) in [7, 11) is 0. The van der Waals surface area contributed by atoms with E-state index in [0.717, 1.165) is 41.8 Å². The Bertz CT molecular complexity index is 609. The molecule has 110 valence electrons. The Morgan fingerprint density at radius 2 is 1.71 bits per heavy atom. The van der Waals surface area contributed by atoms with Crippen LogP contribution in [0.2, 0.25) is 10.0 Å². The van der Waals surface area contributed by atoms with Gasteiger partial charge >= 0.3 is 0 Å². The first-order valence-corrected chi connectivity index (χ1v) is 7.96. The van der Waals surface area contributed by atoms with E-state index in [4.69, 9.17) is 23.2 Å². The Labute approximate surface area is 135 Å². The van der Waals surface area contributed by atoms with E-state index >= 15 is 0 Å². The van der Waals surface area contributed by atoms with Gasteiger partial charge in [-0.05, 0) is 29.3 Å². The molecule has 1 heterocycles. The molecule has 1 fully saturated rings. The molecule has 0 spiro atoms. The van der Waals surface area contributed by atoms with Gasteiger partial charge in [-0.2, -0.15) is 0 Å². The lowest BCUT2D eigenvalue weighted by Gasteiger charge is -2.36. The van der Waals surface area contributed by atoms with E-state index in [1.54, 1.807) is 0 Å². The van der Waals surface area contributed by atoms with Gasteiger partial charge in [0.05, 0.1) is 6.04 Å². The molecule has 1 saturated heterocycles. The second kappa shape index (κ2) is 6.80. The lowest BCUT2D eigenvalue weighted by atomic mass is 9.96. The van der Waals surface area contributed by atoms with Crippen molar-refractivity contribution in [3.05, 3.63) is 69.7 Å². The van der Waals surface area contributed by atoms with Gasteiger partial charge in [0.2, 0.25) is 0 Å². The molecular formula is C17H18Cl2N2. The zero-order chi connectivity index (χ0) is 14.7. The van der Waals surface area contributed by atoms with Crippen molar-refractivity contribution in [2.45, 2.75) is 6.04 Å². The maximum absolute atomic E-state index is 6.45. The van der Waals surface area contributed by atoms with E-state index in [-0.39, 0.29) is 6.04 Å². The molecule has 0 aromatic heterocycles. The predicted molar refractivity (Wildman–Crippen MR) is 89.2 cm³/mol. The van der Waals surface area contributed by atoms with Crippen LogP contribution in [-0.4, -0.2) is 31.1 Å². The Hall–Kier alpha value is -1.06. The third-order valence-electron chi connectivity index (χ3n) is 3.88. The fourth-order valence-electron chi connectivity index (χ4n) is 2.90. The van der Waals surface area contributed by atoms with E-state index < -0.39 is 0 Å². The van der Waals surface area contributed by atoms with Crippen molar-refractivity contribution in [3.63, 3.8) is 0 Å². The maximum atomic E-state index is 6.45. The van der Waals surface area contributed by atoms with Crippen LogP contribution in [0.5, 0.6) is 0 Å². The molecule has 1 N–H and O–H groups in total. The van der Waals surface area contributed by atoms with Crippen molar-refractivity contribution in [1.29, 1.82) is 0 Å². The highest BCUT2D eigenvalue weighted by molar-refractivity contribution is 6.31. The minimum atomic E-state index is 0.152. The van der Waals surface area contributed by atoms with Crippen LogP contribution in [0.3, 0.4) is 0 Å². The summed E-state index contributed by atoms with van der Waals surface area (Å²) >= 11 is 12.6. The Morgan fingerprint density at radius 1 is 0.952 bits per heavy atom. The highest BCUT2D eigenvalue weighted by Gasteiger charge is 2.25. The van der Waals surface area contributed by atoms with Crippen LogP contribution in [-0.2, 0) is 0 Å². The molecular weight excluding hydrogens is 303 g/mol. The van der Waals surface area contributed by atoms with Crippen LogP contribution in [0.25, 0.3) is 0 Å². The van der Waals surface area contributed by atoms with Crippen molar-refractivity contribution < 1.29 is 0 Å². The van der Waals surface area contributed by atoms with Gasteiger partial charge in [0, 0.05) is 36.2 Å². The van der Waals surface area contributed by atoms with Gasteiger partial charge in [-0.3, -0.25) is 4.90 Å². The monoisotopic (exact) mass is 320 g/mol. The molecule has 21 heavy (non-hydrogen) atoms. The van der Waals surface area contributed by atoms with Crippen molar-refractivity contribution in [2.24, 2.45) is 0 Å². The molecule has 1 unspecified atom stereocenters. The van der Waals surface area contributed by atoms with E-state index in [0.29, 0.717) is 0 Å². The van der Waals surface area contributed by atoms with Crippen LogP contribution in [0.1, 0.15) is 17.2 Å². The first-order valence-electron chi connectivity index (χ1n) is 7.20. The number of hydrogen-bond donors (Lipinski definition) is 1. The fourth-order valence-corrected chi connectivity index (χ4v) is 3.34. The number of rotatable bonds is 3. The van der Waals surface area contributed by atoms with Crippen molar-refractivity contribution in [1.82, 2.24) is 10.2 Å². The lowest BCUT2D eigenvalue weighted by Crippen LogP contribution is -2.45. The van der Waals surface area contributed by atoms with Gasteiger partial charge in [0.25, 0.3) is 0 Å². The SMILES string of the molecule is Clc1cccc(C(c2ccccc2Cl)N2CCNCC2)c1. The summed E-state index contributed by atoms with van der Waals surface area (Å²) in [6, 6.07) is 16.3. The second-order valence-corrected chi connectivity index (χ2v) is 6.11. The Kier molecular flexibility index (Phi) is 4.81. The first kappa shape index (κ1) is 14.9.